The summed E-state index contributed by atoms with van der Waals surface area (Å²) in [5, 5.41) is 2.78. The molecule has 2 aliphatic rings. The minimum absolute atomic E-state index is 0.0644. The first-order valence-electron chi connectivity index (χ1n) is 9.08. The molecule has 7 nitrogen and oxygen atoms in total. The molecular formula is C19H24N2O5. The molecule has 0 spiro atoms. The smallest absolute Gasteiger partial charge is 0.338 e. The molecule has 7 heteroatoms. The average molecular weight is 360 g/mol. The third-order valence-electron chi connectivity index (χ3n) is 4.82. The number of nitrogens with zero attached hydrogens (tertiary/aromatic N) is 1. The van der Waals surface area contributed by atoms with Crippen molar-refractivity contribution < 1.29 is 23.9 Å². The third kappa shape index (κ3) is 4.22. The fourth-order valence-electron chi connectivity index (χ4n) is 3.51. The van der Waals surface area contributed by atoms with Crippen LogP contribution in [0.2, 0.25) is 0 Å². The van der Waals surface area contributed by atoms with Crippen LogP contribution >= 0.6 is 0 Å². The zero-order valence-electron chi connectivity index (χ0n) is 14.9. The van der Waals surface area contributed by atoms with Gasteiger partial charge in [0.1, 0.15) is 12.6 Å². The summed E-state index contributed by atoms with van der Waals surface area (Å²) >= 11 is 0. The van der Waals surface area contributed by atoms with Crippen LogP contribution in [0.1, 0.15) is 43.0 Å². The van der Waals surface area contributed by atoms with Gasteiger partial charge in [-0.15, -0.1) is 0 Å². The fourth-order valence-corrected chi connectivity index (χ4v) is 3.51. The molecule has 140 valence electrons. The van der Waals surface area contributed by atoms with Crippen molar-refractivity contribution in [2.45, 2.75) is 44.7 Å². The molecule has 2 aliphatic heterocycles. The van der Waals surface area contributed by atoms with E-state index in [0.29, 0.717) is 24.5 Å². The molecular weight excluding hydrogens is 336 g/mol. The number of anilines is 1. The van der Waals surface area contributed by atoms with Crippen LogP contribution in [0.15, 0.2) is 24.3 Å². The van der Waals surface area contributed by atoms with Crippen molar-refractivity contribution in [2.75, 3.05) is 25.1 Å². The first-order valence-corrected chi connectivity index (χ1v) is 9.08. The highest BCUT2D eigenvalue weighted by Crippen LogP contribution is 2.26. The number of carbonyl (C=O) groups excluding carboxylic acids is 3. The van der Waals surface area contributed by atoms with Gasteiger partial charge in [0.15, 0.2) is 0 Å². The standard InChI is InChI=1S/C19H24N2O5/c1-2-25-18(23)13-6-8-14(9-7-13)20-17(22)11-16-19(24)26-12-15-5-3-4-10-21(15)16/h6-9,15-16H,2-5,10-12H2,1H3,(H,20,22)/t15-,16+/m1/s1. The molecule has 26 heavy (non-hydrogen) atoms. The van der Waals surface area contributed by atoms with E-state index in [4.69, 9.17) is 9.47 Å². The van der Waals surface area contributed by atoms with Crippen molar-refractivity contribution in [3.8, 4) is 0 Å². The van der Waals surface area contributed by atoms with Gasteiger partial charge in [-0.05, 0) is 50.6 Å². The number of benzene rings is 1. The Bertz CT molecular complexity index is 673. The molecule has 1 amide bonds. The van der Waals surface area contributed by atoms with Gasteiger partial charge in [-0.25, -0.2) is 4.79 Å². The van der Waals surface area contributed by atoms with Crippen LogP contribution in [0.3, 0.4) is 0 Å². The number of morpholine rings is 1. The Labute approximate surface area is 152 Å². The second-order valence-electron chi connectivity index (χ2n) is 6.58. The molecule has 0 saturated carbocycles. The van der Waals surface area contributed by atoms with E-state index in [9.17, 15) is 14.4 Å². The molecule has 1 N–H and O–H groups in total. The van der Waals surface area contributed by atoms with Crippen LogP contribution in [-0.4, -0.2) is 54.6 Å². The fraction of sp³-hybridized carbons (Fsp3) is 0.526. The van der Waals surface area contributed by atoms with E-state index >= 15 is 0 Å². The highest BCUT2D eigenvalue weighted by molar-refractivity contribution is 5.95. The molecule has 0 aromatic heterocycles. The number of rotatable bonds is 5. The molecule has 2 saturated heterocycles. The van der Waals surface area contributed by atoms with Crippen molar-refractivity contribution >= 4 is 23.5 Å². The number of carbonyl (C=O) groups is 3. The number of nitrogens with one attached hydrogen (secondary N) is 1. The number of amides is 1. The van der Waals surface area contributed by atoms with Gasteiger partial charge in [-0.3, -0.25) is 14.5 Å². The van der Waals surface area contributed by atoms with Crippen LogP contribution in [0.4, 0.5) is 5.69 Å². The summed E-state index contributed by atoms with van der Waals surface area (Å²) in [7, 11) is 0. The Morgan fingerprint density at radius 3 is 2.77 bits per heavy atom. The summed E-state index contributed by atoms with van der Waals surface area (Å²) in [5.41, 5.74) is 0.999. The molecule has 1 aromatic rings. The van der Waals surface area contributed by atoms with E-state index < -0.39 is 12.0 Å². The van der Waals surface area contributed by atoms with Crippen LogP contribution in [0.5, 0.6) is 0 Å². The number of piperidine rings is 1. The van der Waals surface area contributed by atoms with Gasteiger partial charge in [0.05, 0.1) is 18.6 Å². The lowest BCUT2D eigenvalue weighted by molar-refractivity contribution is -0.165. The van der Waals surface area contributed by atoms with Crippen molar-refractivity contribution in [2.24, 2.45) is 0 Å². The van der Waals surface area contributed by atoms with Gasteiger partial charge in [-0.1, -0.05) is 6.42 Å². The first kappa shape index (κ1) is 18.4. The van der Waals surface area contributed by atoms with E-state index in [2.05, 4.69) is 10.2 Å². The number of ether oxygens (including phenoxy) is 2. The molecule has 1 aromatic carbocycles. The van der Waals surface area contributed by atoms with E-state index in [-0.39, 0.29) is 24.3 Å². The van der Waals surface area contributed by atoms with Crippen molar-refractivity contribution in [3.05, 3.63) is 29.8 Å². The summed E-state index contributed by atoms with van der Waals surface area (Å²) in [5.74, 6) is -0.968. The van der Waals surface area contributed by atoms with Gasteiger partial charge < -0.3 is 14.8 Å². The number of cyclic esters (lactones) is 1. The second-order valence-corrected chi connectivity index (χ2v) is 6.58. The molecule has 0 radical (unpaired) electrons. The predicted octanol–water partition coefficient (Wildman–Crippen LogP) is 1.97. The number of hydrogen-bond acceptors (Lipinski definition) is 6. The molecule has 0 bridgehead atoms. The summed E-state index contributed by atoms with van der Waals surface area (Å²) in [6, 6.07) is 6.20. The average Bonchev–Trinajstić information content (AvgIpc) is 2.65. The van der Waals surface area contributed by atoms with Crippen LogP contribution in [0.25, 0.3) is 0 Å². The topological polar surface area (TPSA) is 84.9 Å². The maximum Gasteiger partial charge on any atom is 0.338 e. The molecule has 0 aliphatic carbocycles. The van der Waals surface area contributed by atoms with Gasteiger partial charge >= 0.3 is 11.9 Å². The Kier molecular flexibility index (Phi) is 5.88. The van der Waals surface area contributed by atoms with Gasteiger partial charge in [0.2, 0.25) is 5.91 Å². The molecule has 2 heterocycles. The number of hydrogen-bond donors (Lipinski definition) is 1. The van der Waals surface area contributed by atoms with Crippen molar-refractivity contribution in [3.63, 3.8) is 0 Å². The minimum atomic E-state index is -0.521. The highest BCUT2D eigenvalue weighted by Gasteiger charge is 2.40. The predicted molar refractivity (Wildman–Crippen MR) is 94.7 cm³/mol. The lowest BCUT2D eigenvalue weighted by Crippen LogP contribution is -2.57. The lowest BCUT2D eigenvalue weighted by atomic mass is 9.97. The van der Waals surface area contributed by atoms with Crippen LogP contribution < -0.4 is 5.32 Å². The molecule has 2 atom stereocenters. The lowest BCUT2D eigenvalue weighted by Gasteiger charge is -2.43. The molecule has 3 rings (SSSR count). The van der Waals surface area contributed by atoms with E-state index in [1.807, 2.05) is 0 Å². The van der Waals surface area contributed by atoms with Gasteiger partial charge in [-0.2, -0.15) is 0 Å². The molecule has 0 unspecified atom stereocenters. The normalized spacial score (nSPS) is 22.9. The van der Waals surface area contributed by atoms with Crippen molar-refractivity contribution in [1.29, 1.82) is 0 Å². The quantitative estimate of drug-likeness (QED) is 0.808. The Morgan fingerprint density at radius 1 is 1.27 bits per heavy atom. The van der Waals surface area contributed by atoms with Crippen LogP contribution in [-0.2, 0) is 19.1 Å². The molecule has 2 fully saturated rings. The maximum atomic E-state index is 12.4. The number of esters is 2. The van der Waals surface area contributed by atoms with Gasteiger partial charge in [0.25, 0.3) is 0 Å². The summed E-state index contributed by atoms with van der Waals surface area (Å²) in [4.78, 5) is 38.3. The zero-order chi connectivity index (χ0) is 18.5. The summed E-state index contributed by atoms with van der Waals surface area (Å²) in [6.07, 6.45) is 3.23. The Hall–Kier alpha value is -2.41. The maximum absolute atomic E-state index is 12.4. The monoisotopic (exact) mass is 360 g/mol. The van der Waals surface area contributed by atoms with Crippen molar-refractivity contribution in [1.82, 2.24) is 4.90 Å². The van der Waals surface area contributed by atoms with E-state index in [1.54, 1.807) is 31.2 Å². The largest absolute Gasteiger partial charge is 0.463 e. The van der Waals surface area contributed by atoms with E-state index in [0.717, 1.165) is 25.8 Å². The van der Waals surface area contributed by atoms with Gasteiger partial charge in [0, 0.05) is 11.7 Å². The van der Waals surface area contributed by atoms with Crippen LogP contribution in [0, 0.1) is 0 Å². The first-order chi connectivity index (χ1) is 12.6. The Morgan fingerprint density at radius 2 is 2.04 bits per heavy atom. The second kappa shape index (κ2) is 8.31. The highest BCUT2D eigenvalue weighted by atomic mass is 16.5. The Balaban J connectivity index is 1.59. The minimum Gasteiger partial charge on any atom is -0.463 e. The SMILES string of the molecule is CCOC(=O)c1ccc(NC(=O)C[C@H]2C(=O)OC[C@H]3CCCCN32)cc1. The third-order valence-corrected chi connectivity index (χ3v) is 4.82. The zero-order valence-corrected chi connectivity index (χ0v) is 14.9. The summed E-state index contributed by atoms with van der Waals surface area (Å²) in [6.45, 7) is 3.31. The summed E-state index contributed by atoms with van der Waals surface area (Å²) < 4.78 is 10.2. The van der Waals surface area contributed by atoms with E-state index in [1.165, 1.54) is 0 Å². The number of fused-ring (bicyclic) bond motifs is 1.